The van der Waals surface area contributed by atoms with Gasteiger partial charge in [0.2, 0.25) is 5.91 Å². The Kier molecular flexibility index (Phi) is 12.9. The van der Waals surface area contributed by atoms with Gasteiger partial charge in [-0.3, -0.25) is 24.1 Å². The molecule has 3 saturated carbocycles. The number of ether oxygens (including phenoxy) is 5. The zero-order chi connectivity index (χ0) is 47.7. The van der Waals surface area contributed by atoms with E-state index in [0.717, 1.165) is 25.1 Å². The molecule has 0 radical (unpaired) electrons. The van der Waals surface area contributed by atoms with Crippen molar-refractivity contribution in [1.82, 2.24) is 19.6 Å². The number of esters is 2. The zero-order valence-corrected chi connectivity index (χ0v) is 41.0. The normalized spacial score (nSPS) is 31.3. The Labute approximate surface area is 390 Å². The molecule has 14 heteroatoms. The van der Waals surface area contributed by atoms with Crippen LogP contribution >= 0.6 is 0 Å². The third-order valence-corrected chi connectivity index (χ3v) is 15.5. The van der Waals surface area contributed by atoms with Gasteiger partial charge in [0.15, 0.2) is 28.5 Å². The Morgan fingerprint density at radius 3 is 2.14 bits per heavy atom. The van der Waals surface area contributed by atoms with Crippen LogP contribution < -0.4 is 14.2 Å². The molecule has 1 aromatic carbocycles. The molecule has 0 N–H and O–H groups in total. The second-order valence-corrected chi connectivity index (χ2v) is 21.1. The highest BCUT2D eigenvalue weighted by atomic mass is 16.6. The van der Waals surface area contributed by atoms with E-state index in [1.165, 1.54) is 12.7 Å². The lowest BCUT2D eigenvalue weighted by molar-refractivity contribution is -0.214. The minimum Gasteiger partial charge on any atom is -0.482 e. The van der Waals surface area contributed by atoms with E-state index >= 15 is 9.59 Å². The van der Waals surface area contributed by atoms with Crippen LogP contribution in [0.1, 0.15) is 109 Å². The van der Waals surface area contributed by atoms with E-state index in [1.54, 1.807) is 17.9 Å². The number of fused-ring (bicyclic) bond motifs is 2. The van der Waals surface area contributed by atoms with Crippen LogP contribution in [0, 0.1) is 17.8 Å². The molecule has 5 aliphatic heterocycles. The van der Waals surface area contributed by atoms with E-state index < -0.39 is 64.6 Å². The number of ketones is 2. The summed E-state index contributed by atoms with van der Waals surface area (Å²) in [4.78, 5) is 81.3. The predicted molar refractivity (Wildman–Crippen MR) is 250 cm³/mol. The summed E-state index contributed by atoms with van der Waals surface area (Å²) in [5, 5.41) is 0. The van der Waals surface area contributed by atoms with E-state index in [2.05, 4.69) is 47.7 Å². The van der Waals surface area contributed by atoms with Gasteiger partial charge in [-0.05, 0) is 107 Å². The fourth-order valence-corrected chi connectivity index (χ4v) is 12.0. The maximum absolute atomic E-state index is 16.5. The van der Waals surface area contributed by atoms with Gasteiger partial charge in [-0.1, -0.05) is 29.4 Å². The third-order valence-electron chi connectivity index (χ3n) is 15.5. The van der Waals surface area contributed by atoms with E-state index in [9.17, 15) is 14.4 Å². The lowest BCUT2D eigenvalue weighted by Gasteiger charge is -2.65. The molecule has 3 aliphatic carbocycles. The van der Waals surface area contributed by atoms with Crippen molar-refractivity contribution >= 4 is 35.5 Å². The van der Waals surface area contributed by atoms with Gasteiger partial charge < -0.3 is 38.4 Å². The van der Waals surface area contributed by atoms with Gasteiger partial charge in [-0.25, -0.2) is 4.79 Å². The first kappa shape index (κ1) is 47.8. The van der Waals surface area contributed by atoms with Crippen molar-refractivity contribution in [3.05, 3.63) is 57.7 Å². The number of allylic oxidation sites excluding steroid dienone is 4. The number of rotatable bonds is 12. The lowest BCUT2D eigenvalue weighted by atomic mass is 9.44. The number of piperazine rings is 2. The van der Waals surface area contributed by atoms with Crippen LogP contribution in [-0.2, 0) is 35.1 Å². The van der Waals surface area contributed by atoms with Crippen molar-refractivity contribution in [2.45, 2.75) is 122 Å². The van der Waals surface area contributed by atoms with Crippen LogP contribution in [0.25, 0.3) is 6.08 Å². The molecule has 8 aliphatic rings. The fourth-order valence-electron chi connectivity index (χ4n) is 12.0. The van der Waals surface area contributed by atoms with Crippen molar-refractivity contribution in [2.75, 3.05) is 73.6 Å². The molecule has 7 atom stereocenters. The largest absolute Gasteiger partial charge is 0.482 e. The SMILES string of the molecule is COC(=O)/C(C)=C\CC12OC(C)(C)C3CC(C1=O)C(N1CCN(C)CC1)C1C(=O)c4c(OC(=O)CC(=O)N5CCN(C)CC5)c5c(c(CC=C(C)C)c4OC132)OC(C)(CCC=C(C)C)C=C5. The summed E-state index contributed by atoms with van der Waals surface area (Å²) in [6.45, 7) is 20.9. The highest BCUT2D eigenvalue weighted by Gasteiger charge is 2.86. The second kappa shape index (κ2) is 17.8. The summed E-state index contributed by atoms with van der Waals surface area (Å²) >= 11 is 0. The summed E-state index contributed by atoms with van der Waals surface area (Å²) in [5.41, 5.74) is -1.29. The van der Waals surface area contributed by atoms with Crippen LogP contribution in [0.15, 0.2) is 41.0 Å². The maximum Gasteiger partial charge on any atom is 0.333 e. The van der Waals surface area contributed by atoms with Crippen molar-refractivity contribution in [2.24, 2.45) is 17.8 Å². The zero-order valence-electron chi connectivity index (χ0n) is 41.0. The summed E-state index contributed by atoms with van der Waals surface area (Å²) in [7, 11) is 5.38. The molecule has 3 saturated heterocycles. The number of methoxy groups -OCH3 is 1. The number of amides is 1. The van der Waals surface area contributed by atoms with Gasteiger partial charge in [0, 0.05) is 87.8 Å². The quantitative estimate of drug-likeness (QED) is 0.0797. The number of likely N-dealkylation sites (N-methyl/N-ethyl adjacent to an activating group) is 2. The molecule has 358 valence electrons. The Balaban J connectivity index is 1.36. The summed E-state index contributed by atoms with van der Waals surface area (Å²) in [6.07, 6.45) is 11.4. The molecule has 9 rings (SSSR count). The van der Waals surface area contributed by atoms with Crippen molar-refractivity contribution in [3.8, 4) is 17.2 Å². The molecule has 5 heterocycles. The number of Topliss-reactive ketones (excluding diaryl/α,β-unsaturated/α-hetero) is 2. The molecule has 1 spiro atoms. The smallest absolute Gasteiger partial charge is 0.333 e. The lowest BCUT2D eigenvalue weighted by Crippen LogP contribution is -2.82. The Hall–Kier alpha value is -4.63. The fraction of sp³-hybridized carbons (Fsp3) is 0.635. The molecule has 1 amide bonds. The first-order valence-electron chi connectivity index (χ1n) is 23.9. The molecular weight excluding hydrogens is 841 g/mol. The number of nitrogens with zero attached hydrogens (tertiary/aromatic N) is 4. The number of hydrogen-bond acceptors (Lipinski definition) is 13. The topological polar surface area (TPSA) is 144 Å². The van der Waals surface area contributed by atoms with Gasteiger partial charge in [-0.15, -0.1) is 0 Å². The van der Waals surface area contributed by atoms with Crippen molar-refractivity contribution in [1.29, 1.82) is 0 Å². The van der Waals surface area contributed by atoms with Crippen LogP contribution in [0.3, 0.4) is 0 Å². The summed E-state index contributed by atoms with van der Waals surface area (Å²) < 4.78 is 33.6. The highest BCUT2D eigenvalue weighted by Crippen LogP contribution is 2.71. The first-order valence-corrected chi connectivity index (χ1v) is 23.9. The standard InChI is InChI=1S/C52H70N4O10/c1-31(2)13-12-18-50(8)19-17-35-44(64-50)34(15-14-32(3)4)46-40(45(35)63-39(58)30-38(57)55-25-21-53(9)22-26-55)43(59)41-42(56-27-23-54(10)24-28-56)36-29-37-49(6,7)66-51(47(36)60,52(37,41)65-46)20-16-33(5)48(61)62-11/h13-14,16-17,19,36-37,41-42H,12,15,18,20-30H2,1-11H3/b33-16-. The average molecular weight is 911 g/mol. The van der Waals surface area contributed by atoms with Crippen LogP contribution in [0.5, 0.6) is 17.2 Å². The Bertz CT molecular complexity index is 2310. The first-order chi connectivity index (χ1) is 31.2. The number of carbonyl (C=O) groups excluding carboxylic acids is 5. The summed E-state index contributed by atoms with van der Waals surface area (Å²) in [6, 6.07) is -0.552. The molecule has 14 nitrogen and oxygen atoms in total. The Morgan fingerprint density at radius 2 is 1.50 bits per heavy atom. The van der Waals surface area contributed by atoms with Crippen LogP contribution in [0.4, 0.5) is 0 Å². The van der Waals surface area contributed by atoms with Crippen molar-refractivity contribution in [3.63, 3.8) is 0 Å². The highest BCUT2D eigenvalue weighted by molar-refractivity contribution is 6.11. The maximum atomic E-state index is 16.5. The number of benzene rings is 1. The minimum atomic E-state index is -1.67. The van der Waals surface area contributed by atoms with E-state index in [1.807, 2.05) is 53.8 Å². The molecule has 1 aromatic rings. The molecule has 0 aromatic heterocycles. The molecule has 7 unspecified atom stereocenters. The predicted octanol–water partition coefficient (Wildman–Crippen LogP) is 6.00. The third kappa shape index (κ3) is 8.06. The number of hydrogen-bond donors (Lipinski definition) is 0. The molecule has 66 heavy (non-hydrogen) atoms. The Morgan fingerprint density at radius 1 is 0.848 bits per heavy atom. The molecule has 4 bridgehead atoms. The van der Waals surface area contributed by atoms with E-state index in [-0.39, 0.29) is 41.0 Å². The van der Waals surface area contributed by atoms with Crippen LogP contribution in [-0.4, -0.2) is 151 Å². The minimum absolute atomic E-state index is 0.00696. The monoisotopic (exact) mass is 911 g/mol. The van der Waals surface area contributed by atoms with Gasteiger partial charge in [0.25, 0.3) is 0 Å². The number of carbonyl (C=O) groups is 5. The summed E-state index contributed by atoms with van der Waals surface area (Å²) in [5.74, 6) is -3.47. The van der Waals surface area contributed by atoms with E-state index in [0.29, 0.717) is 81.0 Å². The van der Waals surface area contributed by atoms with E-state index in [4.69, 9.17) is 23.7 Å². The second-order valence-electron chi connectivity index (χ2n) is 21.1. The van der Waals surface area contributed by atoms with Gasteiger partial charge in [0.05, 0.1) is 24.2 Å². The molecule has 6 fully saturated rings. The molecular formula is C52H70N4O10. The van der Waals surface area contributed by atoms with Gasteiger partial charge in [-0.2, -0.15) is 0 Å². The average Bonchev–Trinajstić information content (AvgIpc) is 3.40. The van der Waals surface area contributed by atoms with Crippen molar-refractivity contribution < 1.29 is 47.7 Å². The van der Waals surface area contributed by atoms with Gasteiger partial charge >= 0.3 is 11.9 Å². The van der Waals surface area contributed by atoms with Gasteiger partial charge in [0.1, 0.15) is 29.1 Å². The van der Waals surface area contributed by atoms with Crippen LogP contribution in [0.2, 0.25) is 0 Å².